The number of carbonyl (C=O) groups is 2. The molecule has 0 unspecified atom stereocenters. The second-order valence-electron chi connectivity index (χ2n) is 7.22. The van der Waals surface area contributed by atoms with E-state index in [0.29, 0.717) is 42.8 Å². The van der Waals surface area contributed by atoms with E-state index in [4.69, 9.17) is 4.74 Å². The van der Waals surface area contributed by atoms with Crippen molar-refractivity contribution in [2.45, 2.75) is 25.8 Å². The van der Waals surface area contributed by atoms with E-state index in [-0.39, 0.29) is 30.5 Å². The Balaban J connectivity index is 1.92. The van der Waals surface area contributed by atoms with Gasteiger partial charge in [0.2, 0.25) is 5.91 Å². The molecule has 0 aliphatic rings. The monoisotopic (exact) mass is 400 g/mol. The molecule has 6 heteroatoms. The molecule has 0 heterocycles. The molecular formula is C23H29FN2O3. The van der Waals surface area contributed by atoms with Crippen LogP contribution in [0.5, 0.6) is 5.75 Å². The van der Waals surface area contributed by atoms with E-state index in [1.807, 2.05) is 19.0 Å². The maximum Gasteiger partial charge on any atom is 0.222 e. The Morgan fingerprint density at radius 1 is 0.966 bits per heavy atom. The van der Waals surface area contributed by atoms with Gasteiger partial charge in [0.1, 0.15) is 11.6 Å². The summed E-state index contributed by atoms with van der Waals surface area (Å²) >= 11 is 0. The number of hydrogen-bond donors (Lipinski definition) is 0. The molecule has 2 aromatic rings. The summed E-state index contributed by atoms with van der Waals surface area (Å²) in [6.45, 7) is 1.42. The van der Waals surface area contributed by atoms with Gasteiger partial charge in [-0.05, 0) is 50.8 Å². The Labute approximate surface area is 172 Å². The minimum Gasteiger partial charge on any atom is -0.497 e. The highest BCUT2D eigenvalue weighted by atomic mass is 19.1. The Hall–Kier alpha value is -2.73. The fourth-order valence-corrected chi connectivity index (χ4v) is 2.92. The van der Waals surface area contributed by atoms with Gasteiger partial charge in [-0.25, -0.2) is 4.39 Å². The summed E-state index contributed by atoms with van der Waals surface area (Å²) in [4.78, 5) is 28.7. The largest absolute Gasteiger partial charge is 0.497 e. The molecule has 0 radical (unpaired) electrons. The number of Topliss-reactive ketones (excluding diaryl/α,β-unsaturated/α-hetero) is 1. The fourth-order valence-electron chi connectivity index (χ4n) is 2.92. The average molecular weight is 400 g/mol. The Bertz CT molecular complexity index is 806. The number of nitrogens with zero attached hydrogens (tertiary/aromatic N) is 2. The van der Waals surface area contributed by atoms with E-state index in [1.54, 1.807) is 54.5 Å². The summed E-state index contributed by atoms with van der Waals surface area (Å²) in [5.41, 5.74) is 1.10. The number of hydrogen-bond acceptors (Lipinski definition) is 4. The molecule has 156 valence electrons. The van der Waals surface area contributed by atoms with Gasteiger partial charge < -0.3 is 14.5 Å². The van der Waals surface area contributed by atoms with Crippen molar-refractivity contribution in [2.24, 2.45) is 0 Å². The minimum atomic E-state index is -0.315. The van der Waals surface area contributed by atoms with Crippen LogP contribution in [0.1, 0.15) is 35.2 Å². The number of amides is 1. The molecule has 0 bridgehead atoms. The number of halogens is 1. The molecule has 2 rings (SSSR count). The van der Waals surface area contributed by atoms with Gasteiger partial charge in [-0.2, -0.15) is 0 Å². The van der Waals surface area contributed by atoms with Crippen LogP contribution in [0.3, 0.4) is 0 Å². The summed E-state index contributed by atoms with van der Waals surface area (Å²) in [7, 11) is 5.43. The van der Waals surface area contributed by atoms with E-state index in [1.165, 1.54) is 6.07 Å². The molecule has 2 aromatic carbocycles. The molecule has 5 nitrogen and oxygen atoms in total. The predicted octanol–water partition coefficient (Wildman–Crippen LogP) is 3.78. The van der Waals surface area contributed by atoms with Gasteiger partial charge in [-0.1, -0.05) is 18.2 Å². The van der Waals surface area contributed by atoms with Crippen molar-refractivity contribution in [1.29, 1.82) is 0 Å². The number of carbonyl (C=O) groups excluding carboxylic acids is 2. The van der Waals surface area contributed by atoms with Crippen LogP contribution in [0.15, 0.2) is 48.5 Å². The summed E-state index contributed by atoms with van der Waals surface area (Å²) in [5.74, 6) is 0.304. The molecule has 0 saturated carbocycles. The van der Waals surface area contributed by atoms with Crippen LogP contribution in [0.2, 0.25) is 0 Å². The van der Waals surface area contributed by atoms with Crippen LogP contribution in [0, 0.1) is 5.82 Å². The molecule has 0 aliphatic carbocycles. The van der Waals surface area contributed by atoms with E-state index in [0.717, 1.165) is 0 Å². The second kappa shape index (κ2) is 11.3. The van der Waals surface area contributed by atoms with Crippen molar-refractivity contribution >= 4 is 11.7 Å². The quantitative estimate of drug-likeness (QED) is 0.539. The lowest BCUT2D eigenvalue weighted by atomic mass is 10.0. The number of ketones is 1. The number of rotatable bonds is 11. The molecular weight excluding hydrogens is 371 g/mol. The lowest BCUT2D eigenvalue weighted by molar-refractivity contribution is -0.132. The lowest BCUT2D eigenvalue weighted by Gasteiger charge is -2.25. The first kappa shape index (κ1) is 22.6. The fraction of sp³-hybridized carbons (Fsp3) is 0.391. The first-order valence-corrected chi connectivity index (χ1v) is 9.74. The minimum absolute atomic E-state index is 0.00519. The summed E-state index contributed by atoms with van der Waals surface area (Å²) < 4.78 is 19.1. The molecule has 0 saturated heterocycles. The van der Waals surface area contributed by atoms with E-state index < -0.39 is 0 Å². The van der Waals surface area contributed by atoms with E-state index in [9.17, 15) is 14.0 Å². The van der Waals surface area contributed by atoms with Crippen LogP contribution < -0.4 is 4.74 Å². The highest BCUT2D eigenvalue weighted by molar-refractivity contribution is 5.96. The van der Waals surface area contributed by atoms with Gasteiger partial charge in [0.15, 0.2) is 5.78 Å². The van der Waals surface area contributed by atoms with Crippen LogP contribution in [-0.4, -0.2) is 55.8 Å². The Kier molecular flexibility index (Phi) is 8.80. The summed E-state index contributed by atoms with van der Waals surface area (Å²) in [5, 5.41) is 0. The van der Waals surface area contributed by atoms with Crippen molar-refractivity contribution < 1.29 is 18.7 Å². The van der Waals surface area contributed by atoms with Gasteiger partial charge in [0, 0.05) is 43.6 Å². The van der Waals surface area contributed by atoms with Crippen molar-refractivity contribution in [3.8, 4) is 5.75 Å². The van der Waals surface area contributed by atoms with Crippen molar-refractivity contribution in [3.05, 3.63) is 65.5 Å². The molecule has 0 aliphatic heterocycles. The van der Waals surface area contributed by atoms with Gasteiger partial charge in [0.05, 0.1) is 7.11 Å². The number of ether oxygens (including phenoxy) is 1. The molecule has 0 aromatic heterocycles. The summed E-state index contributed by atoms with van der Waals surface area (Å²) in [6, 6.07) is 13.4. The van der Waals surface area contributed by atoms with Crippen LogP contribution in [-0.2, 0) is 11.3 Å². The zero-order valence-electron chi connectivity index (χ0n) is 17.4. The zero-order valence-corrected chi connectivity index (χ0v) is 17.4. The maximum atomic E-state index is 14.0. The van der Waals surface area contributed by atoms with Crippen molar-refractivity contribution in [3.63, 3.8) is 0 Å². The number of benzene rings is 2. The van der Waals surface area contributed by atoms with Gasteiger partial charge in [-0.3, -0.25) is 9.59 Å². The van der Waals surface area contributed by atoms with Crippen LogP contribution in [0.25, 0.3) is 0 Å². The lowest BCUT2D eigenvalue weighted by Crippen LogP contribution is -2.36. The molecule has 0 fully saturated rings. The van der Waals surface area contributed by atoms with Crippen LogP contribution >= 0.6 is 0 Å². The third-order valence-electron chi connectivity index (χ3n) is 4.70. The SMILES string of the molecule is COc1ccc(C(=O)CCCC(=O)N(CCN(C)C)Cc2ccccc2F)cc1. The van der Waals surface area contributed by atoms with Gasteiger partial charge in [-0.15, -0.1) is 0 Å². The first-order chi connectivity index (χ1) is 13.9. The highest BCUT2D eigenvalue weighted by Gasteiger charge is 2.17. The third kappa shape index (κ3) is 7.31. The standard InChI is InChI=1S/C23H29FN2O3/c1-25(2)15-16-26(17-19-7-4-5-8-21(19)24)23(28)10-6-9-22(27)18-11-13-20(29-3)14-12-18/h4-5,7-8,11-14H,6,9-10,15-17H2,1-3H3. The highest BCUT2D eigenvalue weighted by Crippen LogP contribution is 2.15. The average Bonchev–Trinajstić information content (AvgIpc) is 2.72. The molecule has 0 spiro atoms. The van der Waals surface area contributed by atoms with Gasteiger partial charge in [0.25, 0.3) is 0 Å². The van der Waals surface area contributed by atoms with E-state index >= 15 is 0 Å². The topological polar surface area (TPSA) is 49.9 Å². The van der Waals surface area contributed by atoms with Crippen LogP contribution in [0.4, 0.5) is 4.39 Å². The summed E-state index contributed by atoms with van der Waals surface area (Å²) in [6.07, 6.45) is 1.00. The maximum absolute atomic E-state index is 14.0. The number of methoxy groups -OCH3 is 1. The number of likely N-dealkylation sites (N-methyl/N-ethyl adjacent to an activating group) is 1. The zero-order chi connectivity index (χ0) is 21.2. The smallest absolute Gasteiger partial charge is 0.222 e. The Morgan fingerprint density at radius 3 is 2.28 bits per heavy atom. The molecule has 29 heavy (non-hydrogen) atoms. The van der Waals surface area contributed by atoms with Crippen molar-refractivity contribution in [1.82, 2.24) is 9.80 Å². The van der Waals surface area contributed by atoms with Gasteiger partial charge >= 0.3 is 0 Å². The normalized spacial score (nSPS) is 10.8. The first-order valence-electron chi connectivity index (χ1n) is 9.74. The predicted molar refractivity (Wildman–Crippen MR) is 112 cm³/mol. The third-order valence-corrected chi connectivity index (χ3v) is 4.70. The Morgan fingerprint density at radius 2 is 1.66 bits per heavy atom. The molecule has 0 atom stereocenters. The van der Waals surface area contributed by atoms with E-state index in [2.05, 4.69) is 0 Å². The molecule has 1 amide bonds. The molecule has 0 N–H and O–H groups in total. The second-order valence-corrected chi connectivity index (χ2v) is 7.22. The van der Waals surface area contributed by atoms with Crippen molar-refractivity contribution in [2.75, 3.05) is 34.3 Å².